The minimum atomic E-state index is -0.0530. The van der Waals surface area contributed by atoms with Crippen LogP contribution < -0.4 is 0 Å². The highest BCUT2D eigenvalue weighted by molar-refractivity contribution is 5.69. The molecule has 0 saturated heterocycles. The van der Waals surface area contributed by atoms with E-state index in [2.05, 4.69) is 27.7 Å². The van der Waals surface area contributed by atoms with Crippen molar-refractivity contribution in [2.24, 2.45) is 5.92 Å². The van der Waals surface area contributed by atoms with Gasteiger partial charge in [-0.05, 0) is 25.7 Å². The number of carbonyl (C=O) groups is 1. The molecule has 3 nitrogen and oxygen atoms in total. The predicted molar refractivity (Wildman–Crippen MR) is 329 cm³/mol. The maximum absolute atomic E-state index is 12.3. The lowest BCUT2D eigenvalue weighted by Gasteiger charge is -2.20. The van der Waals surface area contributed by atoms with Crippen molar-refractivity contribution in [3.05, 3.63) is 0 Å². The Morgan fingerprint density at radius 1 is 0.247 bits per heavy atom. The molecule has 0 rings (SSSR count). The summed E-state index contributed by atoms with van der Waals surface area (Å²) >= 11 is 0. The molecule has 0 saturated carbocycles. The number of carbonyl (C=O) groups excluding carboxylic acids is 1. The van der Waals surface area contributed by atoms with E-state index in [9.17, 15) is 4.79 Å². The predicted octanol–water partition coefficient (Wildman–Crippen LogP) is 25.4. The molecule has 0 aromatic rings. The number of hydrogen-bond donors (Lipinski definition) is 0. The van der Waals surface area contributed by atoms with Crippen LogP contribution in [0.4, 0.5) is 0 Å². The lowest BCUT2D eigenvalue weighted by molar-refractivity contribution is -0.146. The van der Waals surface area contributed by atoms with Gasteiger partial charge < -0.3 is 9.47 Å². The molecule has 0 amide bonds. The molecule has 73 heavy (non-hydrogen) atoms. The van der Waals surface area contributed by atoms with E-state index < -0.39 is 0 Å². The number of unbranched alkanes of at least 4 members (excludes halogenated alkanes) is 58. The van der Waals surface area contributed by atoms with E-state index in [-0.39, 0.29) is 18.0 Å². The Balaban J connectivity index is 3.20. The average molecular weight is 1030 g/mol. The molecule has 0 aliphatic heterocycles. The van der Waals surface area contributed by atoms with Crippen molar-refractivity contribution in [3.63, 3.8) is 0 Å². The molecule has 0 heterocycles. The SMILES string of the molecule is CCCCCCCCCCCCCCCCCCCCCCCCCCCCCCCCCCCCCCCCCCCCCCCCCCCOC(C)C(C)CC(=O)OCCCCCCCCCCCCC. The lowest BCUT2D eigenvalue weighted by atomic mass is 10.0. The van der Waals surface area contributed by atoms with E-state index in [0.717, 1.165) is 19.4 Å². The van der Waals surface area contributed by atoms with E-state index in [4.69, 9.17) is 9.47 Å². The molecule has 0 aliphatic carbocycles. The third-order valence-electron chi connectivity index (χ3n) is 16.9. The van der Waals surface area contributed by atoms with Crippen LogP contribution in [0.15, 0.2) is 0 Å². The summed E-state index contributed by atoms with van der Waals surface area (Å²) in [5, 5.41) is 0. The quantitative estimate of drug-likeness (QED) is 0.0450. The molecule has 0 radical (unpaired) electrons. The Bertz CT molecular complexity index is 979. The summed E-state index contributed by atoms with van der Waals surface area (Å²) in [6.07, 6.45) is 86.5. The van der Waals surface area contributed by atoms with Crippen LogP contribution in [0.3, 0.4) is 0 Å². The first-order chi connectivity index (χ1) is 36.1. The van der Waals surface area contributed by atoms with E-state index in [1.54, 1.807) is 0 Å². The summed E-state index contributed by atoms with van der Waals surface area (Å²) in [6.45, 7) is 10.2. The van der Waals surface area contributed by atoms with Gasteiger partial charge in [0.1, 0.15) is 0 Å². The van der Waals surface area contributed by atoms with Crippen molar-refractivity contribution in [2.75, 3.05) is 13.2 Å². The summed E-state index contributed by atoms with van der Waals surface area (Å²) in [6, 6.07) is 0. The molecule has 0 N–H and O–H groups in total. The smallest absolute Gasteiger partial charge is 0.306 e. The van der Waals surface area contributed by atoms with Crippen LogP contribution in [-0.4, -0.2) is 25.3 Å². The Hall–Kier alpha value is -0.570. The zero-order valence-electron chi connectivity index (χ0n) is 51.4. The van der Waals surface area contributed by atoms with Gasteiger partial charge in [-0.2, -0.15) is 0 Å². The van der Waals surface area contributed by atoms with E-state index >= 15 is 0 Å². The van der Waals surface area contributed by atoms with Gasteiger partial charge in [0, 0.05) is 6.61 Å². The van der Waals surface area contributed by atoms with Gasteiger partial charge >= 0.3 is 5.97 Å². The van der Waals surface area contributed by atoms with Crippen molar-refractivity contribution >= 4 is 5.97 Å². The zero-order valence-corrected chi connectivity index (χ0v) is 51.4. The summed E-state index contributed by atoms with van der Waals surface area (Å²) in [4.78, 5) is 12.3. The van der Waals surface area contributed by atoms with Crippen molar-refractivity contribution in [1.82, 2.24) is 0 Å². The largest absolute Gasteiger partial charge is 0.466 e. The molecule has 0 aromatic carbocycles. The van der Waals surface area contributed by atoms with Gasteiger partial charge in [0.15, 0.2) is 0 Å². The second-order valence-electron chi connectivity index (χ2n) is 24.5. The number of ether oxygens (including phenoxy) is 2. The summed E-state index contributed by atoms with van der Waals surface area (Å²) in [7, 11) is 0. The summed E-state index contributed by atoms with van der Waals surface area (Å²) in [5.41, 5.74) is 0. The Labute approximate surface area is 462 Å². The van der Waals surface area contributed by atoms with Crippen molar-refractivity contribution in [3.8, 4) is 0 Å². The van der Waals surface area contributed by atoms with Gasteiger partial charge in [0.2, 0.25) is 0 Å². The standard InChI is InChI=1S/C70H140O3/c1-5-7-9-11-13-15-17-18-19-20-21-22-23-24-25-26-27-28-29-30-31-32-33-34-35-36-37-38-39-40-41-42-43-44-45-46-47-48-49-50-51-52-53-54-56-57-59-61-63-65-72-69(4)68(3)67-70(71)73-66-64-62-60-58-55-16-14-12-10-8-6-2/h68-69H,5-67H2,1-4H3. The first-order valence-electron chi connectivity index (χ1n) is 34.9. The first kappa shape index (κ1) is 72.4. The van der Waals surface area contributed by atoms with Gasteiger partial charge in [0.05, 0.1) is 19.1 Å². The molecule has 3 heteroatoms. The number of hydrogen-bond acceptors (Lipinski definition) is 3. The van der Waals surface area contributed by atoms with Crippen LogP contribution in [0.25, 0.3) is 0 Å². The lowest BCUT2D eigenvalue weighted by Crippen LogP contribution is -2.22. The molecular weight excluding hydrogens is 889 g/mol. The Morgan fingerprint density at radius 3 is 0.603 bits per heavy atom. The highest BCUT2D eigenvalue weighted by atomic mass is 16.5. The fourth-order valence-electron chi connectivity index (χ4n) is 11.4. The third kappa shape index (κ3) is 63.9. The van der Waals surface area contributed by atoms with Crippen molar-refractivity contribution in [1.29, 1.82) is 0 Å². The van der Waals surface area contributed by atoms with Crippen molar-refractivity contribution < 1.29 is 14.3 Å². The molecule has 2 unspecified atom stereocenters. The first-order valence-corrected chi connectivity index (χ1v) is 34.9. The van der Waals surface area contributed by atoms with Crippen LogP contribution >= 0.6 is 0 Å². The molecule has 0 bridgehead atoms. The Morgan fingerprint density at radius 2 is 0.411 bits per heavy atom. The molecule has 2 atom stereocenters. The Kier molecular flexibility index (Phi) is 65.2. The van der Waals surface area contributed by atoms with E-state index in [1.807, 2.05) is 0 Å². The highest BCUT2D eigenvalue weighted by Crippen LogP contribution is 2.20. The maximum Gasteiger partial charge on any atom is 0.306 e. The molecular formula is C70H140O3. The monoisotopic (exact) mass is 1030 g/mol. The van der Waals surface area contributed by atoms with E-state index in [0.29, 0.717) is 13.0 Å². The van der Waals surface area contributed by atoms with E-state index in [1.165, 1.54) is 372 Å². The maximum atomic E-state index is 12.3. The zero-order chi connectivity index (χ0) is 52.7. The normalized spacial score (nSPS) is 12.5. The fourth-order valence-corrected chi connectivity index (χ4v) is 11.4. The van der Waals surface area contributed by atoms with Crippen LogP contribution in [0.1, 0.15) is 419 Å². The van der Waals surface area contributed by atoms with Crippen LogP contribution in [0, 0.1) is 5.92 Å². The van der Waals surface area contributed by atoms with Gasteiger partial charge in [-0.1, -0.05) is 393 Å². The van der Waals surface area contributed by atoms with Crippen LogP contribution in [0.5, 0.6) is 0 Å². The van der Waals surface area contributed by atoms with Crippen LogP contribution in [0.2, 0.25) is 0 Å². The second kappa shape index (κ2) is 65.7. The highest BCUT2D eigenvalue weighted by Gasteiger charge is 2.17. The second-order valence-corrected chi connectivity index (χ2v) is 24.5. The van der Waals surface area contributed by atoms with Gasteiger partial charge in [0.25, 0.3) is 0 Å². The molecule has 0 fully saturated rings. The third-order valence-corrected chi connectivity index (χ3v) is 16.9. The van der Waals surface area contributed by atoms with Crippen LogP contribution in [-0.2, 0) is 14.3 Å². The average Bonchev–Trinajstić information content (AvgIpc) is 3.39. The number of esters is 1. The molecule has 0 spiro atoms. The van der Waals surface area contributed by atoms with Crippen molar-refractivity contribution in [2.45, 2.75) is 425 Å². The number of rotatable bonds is 66. The van der Waals surface area contributed by atoms with Gasteiger partial charge in [-0.15, -0.1) is 0 Å². The summed E-state index contributed by atoms with van der Waals surface area (Å²) in [5.74, 6) is 0.157. The molecule has 0 aromatic heterocycles. The summed E-state index contributed by atoms with van der Waals surface area (Å²) < 4.78 is 11.6. The molecule has 438 valence electrons. The minimum absolute atomic E-state index is 0.0530. The molecule has 0 aliphatic rings. The minimum Gasteiger partial charge on any atom is -0.466 e. The van der Waals surface area contributed by atoms with Gasteiger partial charge in [-0.25, -0.2) is 0 Å². The fraction of sp³-hybridized carbons (Fsp3) is 0.986. The topological polar surface area (TPSA) is 35.5 Å². The van der Waals surface area contributed by atoms with Gasteiger partial charge in [-0.3, -0.25) is 4.79 Å².